The van der Waals surface area contributed by atoms with Crippen molar-refractivity contribution in [1.82, 2.24) is 16.0 Å². The maximum absolute atomic E-state index is 11.5. The van der Waals surface area contributed by atoms with E-state index in [4.69, 9.17) is 5.11 Å². The molecule has 2 unspecified atom stereocenters. The van der Waals surface area contributed by atoms with Crippen molar-refractivity contribution in [1.29, 1.82) is 0 Å². The smallest absolute Gasteiger partial charge is 0.322 e. The average molecular weight is 299 g/mol. The third-order valence-electron chi connectivity index (χ3n) is 2.85. The Labute approximate surface area is 120 Å². The monoisotopic (exact) mass is 299 g/mol. The van der Waals surface area contributed by atoms with Crippen LogP contribution in [0.2, 0.25) is 0 Å². The van der Waals surface area contributed by atoms with Crippen LogP contribution in [0.4, 0.5) is 4.79 Å². The fraction of sp³-hybridized carbons (Fsp3) is 0.583. The van der Waals surface area contributed by atoms with E-state index in [0.717, 1.165) is 0 Å². The SMILES string of the molecule is CC(CC(=O)O)CC(=O)NC(=O)NC1CCC(=O)NC1=O. The fourth-order valence-corrected chi connectivity index (χ4v) is 1.89. The molecule has 0 aliphatic carbocycles. The molecule has 21 heavy (non-hydrogen) atoms. The third-order valence-corrected chi connectivity index (χ3v) is 2.85. The first kappa shape index (κ1) is 16.6. The number of hydrogen-bond donors (Lipinski definition) is 4. The van der Waals surface area contributed by atoms with E-state index in [-0.39, 0.29) is 25.7 Å². The number of nitrogens with one attached hydrogen (secondary N) is 3. The number of carboxylic acids is 1. The lowest BCUT2D eigenvalue weighted by Crippen LogP contribution is -2.55. The van der Waals surface area contributed by atoms with Crippen molar-refractivity contribution >= 4 is 29.7 Å². The van der Waals surface area contributed by atoms with Gasteiger partial charge in [-0.15, -0.1) is 0 Å². The van der Waals surface area contributed by atoms with E-state index in [1.54, 1.807) is 6.92 Å². The van der Waals surface area contributed by atoms with Crippen LogP contribution in [0.3, 0.4) is 0 Å². The molecule has 0 radical (unpaired) electrons. The highest BCUT2D eigenvalue weighted by Crippen LogP contribution is 2.07. The molecule has 9 heteroatoms. The summed E-state index contributed by atoms with van der Waals surface area (Å²) in [6.45, 7) is 1.58. The van der Waals surface area contributed by atoms with Crippen molar-refractivity contribution in [3.05, 3.63) is 0 Å². The summed E-state index contributed by atoms with van der Waals surface area (Å²) >= 11 is 0. The predicted octanol–water partition coefficient (Wildman–Crippen LogP) is -0.882. The molecule has 2 atom stereocenters. The van der Waals surface area contributed by atoms with Gasteiger partial charge in [0.15, 0.2) is 0 Å². The second-order valence-electron chi connectivity index (χ2n) is 4.93. The number of urea groups is 1. The molecule has 0 spiro atoms. The van der Waals surface area contributed by atoms with Crippen LogP contribution in [-0.4, -0.2) is 40.9 Å². The second kappa shape index (κ2) is 7.36. The molecule has 0 aromatic rings. The summed E-state index contributed by atoms with van der Waals surface area (Å²) in [5.74, 6) is -3.09. The predicted molar refractivity (Wildman–Crippen MR) is 68.9 cm³/mol. The standard InChI is InChI=1S/C12H17N3O6/c1-6(5-10(18)19)4-9(17)15-12(21)13-7-2-3-8(16)14-11(7)20/h6-7H,2-5H2,1H3,(H,18,19)(H,14,16,20)(H2,13,15,17,21). The topological polar surface area (TPSA) is 142 Å². The van der Waals surface area contributed by atoms with Crippen LogP contribution in [0, 0.1) is 5.92 Å². The van der Waals surface area contributed by atoms with Gasteiger partial charge in [-0.2, -0.15) is 0 Å². The Morgan fingerprint density at radius 2 is 2.00 bits per heavy atom. The Hall–Kier alpha value is -2.45. The van der Waals surface area contributed by atoms with Gasteiger partial charge in [-0.05, 0) is 12.3 Å². The molecule has 5 amide bonds. The average Bonchev–Trinajstić information content (AvgIpc) is 2.31. The highest BCUT2D eigenvalue weighted by Gasteiger charge is 2.28. The van der Waals surface area contributed by atoms with Gasteiger partial charge in [-0.1, -0.05) is 6.92 Å². The number of hydrogen-bond acceptors (Lipinski definition) is 5. The fourth-order valence-electron chi connectivity index (χ4n) is 1.89. The summed E-state index contributed by atoms with van der Waals surface area (Å²) < 4.78 is 0. The van der Waals surface area contributed by atoms with Crippen molar-refractivity contribution in [3.8, 4) is 0 Å². The summed E-state index contributed by atoms with van der Waals surface area (Å²) in [5.41, 5.74) is 0. The van der Waals surface area contributed by atoms with Gasteiger partial charge in [0, 0.05) is 19.3 Å². The van der Waals surface area contributed by atoms with Crippen LogP contribution in [0.15, 0.2) is 0 Å². The first-order valence-electron chi connectivity index (χ1n) is 6.43. The normalized spacial score (nSPS) is 19.4. The zero-order valence-corrected chi connectivity index (χ0v) is 11.5. The molecule has 1 saturated heterocycles. The number of piperidine rings is 1. The summed E-state index contributed by atoms with van der Waals surface area (Å²) in [6.07, 6.45) is -0.0147. The molecule has 0 saturated carbocycles. The molecule has 1 heterocycles. The van der Waals surface area contributed by atoms with E-state index in [2.05, 4.69) is 10.6 Å². The first-order valence-corrected chi connectivity index (χ1v) is 6.43. The number of aliphatic carboxylic acids is 1. The van der Waals surface area contributed by atoms with E-state index in [0.29, 0.717) is 0 Å². The number of carbonyl (C=O) groups excluding carboxylic acids is 4. The van der Waals surface area contributed by atoms with Gasteiger partial charge in [0.2, 0.25) is 17.7 Å². The molecule has 1 fully saturated rings. The van der Waals surface area contributed by atoms with E-state index in [1.165, 1.54) is 0 Å². The highest BCUT2D eigenvalue weighted by molar-refractivity contribution is 6.02. The van der Waals surface area contributed by atoms with Crippen LogP contribution in [0.25, 0.3) is 0 Å². The number of amides is 5. The first-order chi connectivity index (χ1) is 9.77. The quantitative estimate of drug-likeness (QED) is 0.486. The number of rotatable bonds is 5. The minimum absolute atomic E-state index is 0.111. The van der Waals surface area contributed by atoms with Crippen molar-refractivity contribution in [2.45, 2.75) is 38.6 Å². The third kappa shape index (κ3) is 6.02. The van der Waals surface area contributed by atoms with Crippen LogP contribution < -0.4 is 16.0 Å². The molecule has 1 aliphatic heterocycles. The molecular formula is C12H17N3O6. The van der Waals surface area contributed by atoms with Gasteiger partial charge >= 0.3 is 12.0 Å². The van der Waals surface area contributed by atoms with Crippen LogP contribution in [0.1, 0.15) is 32.6 Å². The molecule has 4 N–H and O–H groups in total. The van der Waals surface area contributed by atoms with Gasteiger partial charge in [-0.25, -0.2) is 4.79 Å². The van der Waals surface area contributed by atoms with E-state index >= 15 is 0 Å². The summed E-state index contributed by atoms with van der Waals surface area (Å²) in [7, 11) is 0. The maximum Gasteiger partial charge on any atom is 0.322 e. The Bertz CT molecular complexity index is 476. The van der Waals surface area contributed by atoms with Crippen molar-refractivity contribution < 1.29 is 29.1 Å². The minimum Gasteiger partial charge on any atom is -0.481 e. The van der Waals surface area contributed by atoms with E-state index in [9.17, 15) is 24.0 Å². The molecule has 0 aromatic carbocycles. The molecule has 0 aromatic heterocycles. The van der Waals surface area contributed by atoms with Crippen LogP contribution in [0.5, 0.6) is 0 Å². The van der Waals surface area contributed by atoms with E-state index in [1.807, 2.05) is 5.32 Å². The Balaban J connectivity index is 2.36. The lowest BCUT2D eigenvalue weighted by molar-refractivity contribution is -0.138. The van der Waals surface area contributed by atoms with Gasteiger partial charge in [0.1, 0.15) is 6.04 Å². The van der Waals surface area contributed by atoms with Gasteiger partial charge < -0.3 is 10.4 Å². The molecule has 9 nitrogen and oxygen atoms in total. The highest BCUT2D eigenvalue weighted by atomic mass is 16.4. The number of carbonyl (C=O) groups is 5. The lowest BCUT2D eigenvalue weighted by atomic mass is 10.0. The van der Waals surface area contributed by atoms with Gasteiger partial charge in [-0.3, -0.25) is 29.8 Å². The van der Waals surface area contributed by atoms with Crippen LogP contribution in [-0.2, 0) is 19.2 Å². The molecule has 0 bridgehead atoms. The summed E-state index contributed by atoms with van der Waals surface area (Å²) in [4.78, 5) is 55.8. The molecule has 1 rings (SSSR count). The van der Waals surface area contributed by atoms with Gasteiger partial charge in [0.05, 0.1) is 0 Å². The Morgan fingerprint density at radius 3 is 2.57 bits per heavy atom. The van der Waals surface area contributed by atoms with Crippen LogP contribution >= 0.6 is 0 Å². The largest absolute Gasteiger partial charge is 0.481 e. The molecule has 1 aliphatic rings. The maximum atomic E-state index is 11.5. The molecular weight excluding hydrogens is 282 g/mol. The summed E-state index contributed by atoms with van der Waals surface area (Å²) in [6, 6.07) is -1.72. The van der Waals surface area contributed by atoms with Crippen molar-refractivity contribution in [2.24, 2.45) is 5.92 Å². The number of imide groups is 2. The van der Waals surface area contributed by atoms with Gasteiger partial charge in [0.25, 0.3) is 0 Å². The zero-order chi connectivity index (χ0) is 16.0. The van der Waals surface area contributed by atoms with Crippen molar-refractivity contribution in [3.63, 3.8) is 0 Å². The second-order valence-corrected chi connectivity index (χ2v) is 4.93. The molecule has 116 valence electrons. The lowest BCUT2D eigenvalue weighted by Gasteiger charge is -2.21. The summed E-state index contributed by atoms with van der Waals surface area (Å²) in [5, 5.41) is 14.9. The zero-order valence-electron chi connectivity index (χ0n) is 11.5. The Morgan fingerprint density at radius 1 is 1.33 bits per heavy atom. The Kier molecular flexibility index (Phi) is 5.82. The van der Waals surface area contributed by atoms with E-state index < -0.39 is 41.7 Å². The minimum atomic E-state index is -1.02. The van der Waals surface area contributed by atoms with Crippen molar-refractivity contribution in [2.75, 3.05) is 0 Å². The number of carboxylic acid groups (broad SMARTS) is 1.